The number of fused-ring (bicyclic) bond motifs is 14. The van der Waals surface area contributed by atoms with E-state index < -0.39 is 0 Å². The van der Waals surface area contributed by atoms with Crippen molar-refractivity contribution in [2.75, 3.05) is 9.80 Å². The van der Waals surface area contributed by atoms with E-state index in [-0.39, 0.29) is 44.8 Å². The van der Waals surface area contributed by atoms with Crippen molar-refractivity contribution in [1.29, 1.82) is 0 Å². The maximum atomic E-state index is 4.64. The van der Waals surface area contributed by atoms with Crippen LogP contribution in [0, 0.1) is 24.7 Å². The Morgan fingerprint density at radius 1 is 0.537 bits per heavy atom. The summed E-state index contributed by atoms with van der Waals surface area (Å²) in [7, 11) is 4.36. The Morgan fingerprint density at radius 2 is 0.889 bits per heavy atom. The van der Waals surface area contributed by atoms with E-state index in [1.807, 2.05) is 12.4 Å². The Kier molecular flexibility index (Phi) is 6.68. The van der Waals surface area contributed by atoms with Crippen molar-refractivity contribution in [3.63, 3.8) is 0 Å². The van der Waals surface area contributed by atoms with Gasteiger partial charge < -0.3 is 18.9 Å². The Balaban J connectivity index is 0.000000142. The highest BCUT2D eigenvalue weighted by Crippen LogP contribution is 2.69. The summed E-state index contributed by atoms with van der Waals surface area (Å²) in [6, 6.07) is 14.2. The second-order valence-electron chi connectivity index (χ2n) is 19.5. The SMILES string of the molecule is Cc1cccc2c1N1C(C)c3c(n(C)c4nccn34)C1(C)C(C)(C)C2(C)C.Cc1cccc2c1N1C(C)c3c(n(C)c4nccn34)C1(C)C(C)(C)C2(C)C. The Morgan fingerprint density at radius 3 is 1.24 bits per heavy atom. The minimum Gasteiger partial charge on any atom is -0.351 e. The largest absolute Gasteiger partial charge is 0.351 e. The molecule has 6 aromatic rings. The Labute approximate surface area is 321 Å². The van der Waals surface area contributed by atoms with E-state index in [2.05, 4.69) is 198 Å². The minimum absolute atomic E-state index is 0.0183. The third-order valence-corrected chi connectivity index (χ3v) is 16.8. The van der Waals surface area contributed by atoms with Gasteiger partial charge in [0.1, 0.15) is 0 Å². The number of aromatic nitrogens is 6. The van der Waals surface area contributed by atoms with Crippen LogP contribution < -0.4 is 9.80 Å². The van der Waals surface area contributed by atoms with Crippen LogP contribution in [0.25, 0.3) is 11.6 Å². The first-order valence-electron chi connectivity index (χ1n) is 20.0. The van der Waals surface area contributed by atoms with Crippen LogP contribution in [0.3, 0.4) is 0 Å². The van der Waals surface area contributed by atoms with Gasteiger partial charge >= 0.3 is 0 Å². The predicted molar refractivity (Wildman–Crippen MR) is 221 cm³/mol. The zero-order valence-corrected chi connectivity index (χ0v) is 35.5. The molecule has 0 spiro atoms. The highest BCUT2D eigenvalue weighted by atomic mass is 15.4. The number of hydrogen-bond acceptors (Lipinski definition) is 4. The van der Waals surface area contributed by atoms with E-state index in [9.17, 15) is 0 Å². The molecule has 8 nitrogen and oxygen atoms in total. The fraction of sp³-hybridized carbons (Fsp3) is 0.522. The third kappa shape index (κ3) is 3.50. The predicted octanol–water partition coefficient (Wildman–Crippen LogP) is 10.2. The zero-order valence-electron chi connectivity index (χ0n) is 35.5. The summed E-state index contributed by atoms with van der Waals surface area (Å²) < 4.78 is 9.25. The van der Waals surface area contributed by atoms with Crippen LogP contribution >= 0.6 is 0 Å². The van der Waals surface area contributed by atoms with Crippen molar-refractivity contribution in [3.05, 3.63) is 106 Å². The van der Waals surface area contributed by atoms with Crippen molar-refractivity contribution in [3.8, 4) is 0 Å². The summed E-state index contributed by atoms with van der Waals surface area (Å²) in [6.45, 7) is 33.6. The summed E-state index contributed by atoms with van der Waals surface area (Å²) in [4.78, 5) is 14.7. The molecule has 0 amide bonds. The van der Waals surface area contributed by atoms with Gasteiger partial charge in [0.15, 0.2) is 0 Å². The molecule has 54 heavy (non-hydrogen) atoms. The van der Waals surface area contributed by atoms with Gasteiger partial charge in [-0.05, 0) is 74.6 Å². The number of benzene rings is 2. The molecule has 0 saturated carbocycles. The van der Waals surface area contributed by atoms with Gasteiger partial charge in [-0.15, -0.1) is 0 Å². The minimum atomic E-state index is -0.125. The number of rotatable bonds is 0. The highest BCUT2D eigenvalue weighted by molar-refractivity contribution is 5.74. The van der Waals surface area contributed by atoms with Crippen molar-refractivity contribution in [2.24, 2.45) is 24.9 Å². The molecule has 8 heteroatoms. The molecular formula is C46H60N8. The maximum absolute atomic E-state index is 4.64. The average molecular weight is 725 g/mol. The van der Waals surface area contributed by atoms with Gasteiger partial charge in [-0.2, -0.15) is 0 Å². The lowest BCUT2D eigenvalue weighted by Crippen LogP contribution is -2.62. The fourth-order valence-electron chi connectivity index (χ4n) is 12.3. The molecule has 8 heterocycles. The Hall–Kier alpha value is -4.46. The standard InChI is InChI=1S/2C23H30N4/c2*1-14-10-9-11-16-17(14)27-15(2)18-19(25(8)20-24-12-13-26(18)20)23(27,7)22(5,6)21(16,3)4/h2*9-13,15H,1-8H3. The second kappa shape index (κ2) is 10.2. The summed E-state index contributed by atoms with van der Waals surface area (Å²) in [5.41, 5.74) is 13.9. The third-order valence-electron chi connectivity index (χ3n) is 16.8. The lowest BCUT2D eigenvalue weighted by molar-refractivity contribution is 0.0608. The molecule has 0 bridgehead atoms. The van der Waals surface area contributed by atoms with Gasteiger partial charge in [0.25, 0.3) is 0 Å². The molecule has 0 fully saturated rings. The lowest BCUT2D eigenvalue weighted by atomic mass is 9.52. The molecule has 2 aromatic carbocycles. The van der Waals surface area contributed by atoms with Crippen LogP contribution in [0.2, 0.25) is 0 Å². The summed E-state index contributed by atoms with van der Waals surface area (Å²) in [5, 5.41) is 0. The van der Waals surface area contributed by atoms with E-state index in [0.29, 0.717) is 0 Å². The van der Waals surface area contributed by atoms with Gasteiger partial charge in [-0.3, -0.25) is 8.80 Å². The Bertz CT molecular complexity index is 2370. The maximum Gasteiger partial charge on any atom is 0.214 e. The number of nitrogens with zero attached hydrogens (tertiary/aromatic N) is 8. The van der Waals surface area contributed by atoms with Crippen LogP contribution in [0.1, 0.15) is 140 Å². The zero-order chi connectivity index (χ0) is 39.0. The van der Waals surface area contributed by atoms with Crippen LogP contribution in [0.4, 0.5) is 11.4 Å². The van der Waals surface area contributed by atoms with Crippen LogP contribution in [0.5, 0.6) is 0 Å². The van der Waals surface area contributed by atoms with E-state index >= 15 is 0 Å². The van der Waals surface area contributed by atoms with Crippen molar-refractivity contribution in [1.82, 2.24) is 27.9 Å². The quantitative estimate of drug-likeness (QED) is 0.157. The first kappa shape index (κ1) is 35.3. The molecule has 4 aliphatic rings. The normalized spacial score (nSPS) is 27.6. The highest BCUT2D eigenvalue weighted by Gasteiger charge is 2.67. The molecule has 4 atom stereocenters. The topological polar surface area (TPSA) is 50.9 Å². The number of anilines is 2. The van der Waals surface area contributed by atoms with E-state index in [0.717, 1.165) is 11.6 Å². The molecule has 4 aliphatic heterocycles. The van der Waals surface area contributed by atoms with Crippen LogP contribution in [0.15, 0.2) is 61.2 Å². The summed E-state index contributed by atoms with van der Waals surface area (Å²) >= 11 is 0. The first-order valence-corrected chi connectivity index (χ1v) is 20.0. The molecule has 0 radical (unpaired) electrons. The van der Waals surface area contributed by atoms with Gasteiger partial charge in [-0.25, -0.2) is 9.97 Å². The van der Waals surface area contributed by atoms with Crippen LogP contribution in [-0.2, 0) is 36.0 Å². The molecule has 4 unspecified atom stereocenters. The van der Waals surface area contributed by atoms with Crippen molar-refractivity contribution >= 4 is 22.9 Å². The van der Waals surface area contributed by atoms with Crippen molar-refractivity contribution < 1.29 is 0 Å². The monoisotopic (exact) mass is 724 g/mol. The number of imidazole rings is 4. The van der Waals surface area contributed by atoms with Gasteiger partial charge in [0, 0.05) is 61.1 Å². The molecule has 284 valence electrons. The molecule has 0 N–H and O–H groups in total. The number of hydrogen-bond donors (Lipinski definition) is 0. The molecule has 0 aliphatic carbocycles. The fourth-order valence-corrected chi connectivity index (χ4v) is 12.3. The smallest absolute Gasteiger partial charge is 0.214 e. The summed E-state index contributed by atoms with van der Waals surface area (Å²) in [6.07, 6.45) is 8.05. The van der Waals surface area contributed by atoms with E-state index in [4.69, 9.17) is 0 Å². The number of para-hydroxylation sites is 2. The molecular weight excluding hydrogens is 665 g/mol. The molecule has 0 saturated heterocycles. The van der Waals surface area contributed by atoms with Gasteiger partial charge in [0.05, 0.1) is 45.9 Å². The van der Waals surface area contributed by atoms with E-state index in [1.165, 1.54) is 56.4 Å². The average Bonchev–Trinajstić information content (AvgIpc) is 3.93. The first-order chi connectivity index (χ1) is 25.1. The summed E-state index contributed by atoms with van der Waals surface area (Å²) in [5.74, 6) is 2.08. The van der Waals surface area contributed by atoms with Crippen molar-refractivity contribution in [2.45, 2.75) is 131 Å². The molecule has 4 aromatic heterocycles. The van der Waals surface area contributed by atoms with E-state index in [1.54, 1.807) is 0 Å². The van der Waals surface area contributed by atoms with Gasteiger partial charge in [-0.1, -0.05) is 91.8 Å². The molecule has 10 rings (SSSR count). The van der Waals surface area contributed by atoms with Gasteiger partial charge in [0.2, 0.25) is 11.6 Å². The van der Waals surface area contributed by atoms with Crippen LogP contribution in [-0.4, -0.2) is 27.9 Å². The number of aryl methyl sites for hydroxylation is 4. The lowest BCUT2D eigenvalue weighted by Gasteiger charge is -2.62. The second-order valence-corrected chi connectivity index (χ2v) is 19.5.